The molecule has 2 aliphatic rings. The van der Waals surface area contributed by atoms with Crippen molar-refractivity contribution in [3.05, 3.63) is 18.1 Å². The lowest BCUT2D eigenvalue weighted by atomic mass is 9.70. The molecule has 2 fully saturated rings. The molecule has 2 bridgehead atoms. The molecule has 1 heterocycles. The Morgan fingerprint density at radius 1 is 1.30 bits per heavy atom. The van der Waals surface area contributed by atoms with Gasteiger partial charge >= 0.3 is 0 Å². The molecule has 0 radical (unpaired) electrons. The third kappa shape index (κ3) is 1.93. The standard InChI is InChI=1S/C16H25N3O/c1-15(2)11-5-6-16(15,3)13(7-11)20-14-10-18-12(8-17-4)9-19-14/h9-11,13,17H,5-8H2,1-4H3. The minimum Gasteiger partial charge on any atom is -0.473 e. The molecule has 0 aliphatic heterocycles. The maximum absolute atomic E-state index is 6.19. The van der Waals surface area contributed by atoms with Crippen LogP contribution in [0.25, 0.3) is 0 Å². The van der Waals surface area contributed by atoms with Gasteiger partial charge in [0, 0.05) is 12.0 Å². The molecular weight excluding hydrogens is 250 g/mol. The Hall–Kier alpha value is -1.16. The molecule has 0 amide bonds. The Morgan fingerprint density at radius 2 is 2.10 bits per heavy atom. The van der Waals surface area contributed by atoms with Gasteiger partial charge in [-0.2, -0.15) is 0 Å². The van der Waals surface area contributed by atoms with E-state index in [9.17, 15) is 0 Å². The fourth-order valence-corrected chi connectivity index (χ4v) is 4.13. The van der Waals surface area contributed by atoms with Crippen molar-refractivity contribution in [2.75, 3.05) is 7.05 Å². The summed E-state index contributed by atoms with van der Waals surface area (Å²) in [5, 5.41) is 3.07. The fraction of sp³-hybridized carbons (Fsp3) is 0.750. The Balaban J connectivity index is 1.73. The summed E-state index contributed by atoms with van der Waals surface area (Å²) in [6.45, 7) is 7.92. The van der Waals surface area contributed by atoms with Crippen molar-refractivity contribution >= 4 is 0 Å². The third-order valence-electron chi connectivity index (χ3n) is 6.02. The lowest BCUT2D eigenvalue weighted by Crippen LogP contribution is -2.39. The second kappa shape index (κ2) is 4.69. The predicted octanol–water partition coefficient (Wildman–Crippen LogP) is 2.79. The van der Waals surface area contributed by atoms with Crippen molar-refractivity contribution < 1.29 is 4.74 Å². The van der Waals surface area contributed by atoms with Crippen LogP contribution < -0.4 is 10.1 Å². The van der Waals surface area contributed by atoms with E-state index in [1.54, 1.807) is 12.4 Å². The summed E-state index contributed by atoms with van der Waals surface area (Å²) in [5.74, 6) is 1.45. The molecule has 1 N–H and O–H groups in total. The van der Waals surface area contributed by atoms with Crippen LogP contribution in [0.1, 0.15) is 45.7 Å². The van der Waals surface area contributed by atoms with Crippen LogP contribution in [0.15, 0.2) is 12.4 Å². The first-order valence-corrected chi connectivity index (χ1v) is 7.59. The number of rotatable bonds is 4. The van der Waals surface area contributed by atoms with Crippen molar-refractivity contribution in [1.29, 1.82) is 0 Å². The number of nitrogens with zero attached hydrogens (tertiary/aromatic N) is 2. The Labute approximate surface area is 121 Å². The summed E-state index contributed by atoms with van der Waals surface area (Å²) in [6.07, 6.45) is 7.60. The molecule has 110 valence electrons. The van der Waals surface area contributed by atoms with Crippen LogP contribution in [0.2, 0.25) is 0 Å². The molecule has 4 nitrogen and oxygen atoms in total. The highest BCUT2D eigenvalue weighted by molar-refractivity contribution is 5.15. The maximum Gasteiger partial charge on any atom is 0.232 e. The molecule has 2 saturated carbocycles. The highest BCUT2D eigenvalue weighted by Crippen LogP contribution is 2.66. The number of hydrogen-bond acceptors (Lipinski definition) is 4. The zero-order chi connectivity index (χ0) is 14.4. The van der Waals surface area contributed by atoms with Crippen LogP contribution in [0.5, 0.6) is 5.88 Å². The first kappa shape index (κ1) is 13.8. The normalized spacial score (nSPS) is 34.4. The molecular formula is C16H25N3O. The molecule has 20 heavy (non-hydrogen) atoms. The van der Waals surface area contributed by atoms with Crippen molar-refractivity contribution in [3.63, 3.8) is 0 Å². The lowest BCUT2D eigenvalue weighted by Gasteiger charge is -2.38. The van der Waals surface area contributed by atoms with Gasteiger partial charge in [-0.15, -0.1) is 0 Å². The van der Waals surface area contributed by atoms with E-state index in [1.807, 2.05) is 7.05 Å². The molecule has 0 saturated heterocycles. The summed E-state index contributed by atoms with van der Waals surface area (Å²) < 4.78 is 6.19. The van der Waals surface area contributed by atoms with E-state index in [2.05, 4.69) is 36.1 Å². The van der Waals surface area contributed by atoms with Crippen molar-refractivity contribution in [1.82, 2.24) is 15.3 Å². The van der Waals surface area contributed by atoms with Gasteiger partial charge in [-0.3, -0.25) is 4.98 Å². The van der Waals surface area contributed by atoms with E-state index in [0.29, 0.717) is 11.3 Å². The molecule has 3 atom stereocenters. The van der Waals surface area contributed by atoms with Crippen molar-refractivity contribution in [2.45, 2.75) is 52.7 Å². The zero-order valence-electron chi connectivity index (χ0n) is 12.9. The smallest absolute Gasteiger partial charge is 0.232 e. The Bertz CT molecular complexity index is 485. The van der Waals surface area contributed by atoms with Crippen LogP contribution in [0.4, 0.5) is 0 Å². The van der Waals surface area contributed by atoms with Gasteiger partial charge in [-0.25, -0.2) is 4.98 Å². The minimum absolute atomic E-state index is 0.267. The number of fused-ring (bicyclic) bond motifs is 2. The van der Waals surface area contributed by atoms with Gasteiger partial charge in [0.15, 0.2) is 0 Å². The monoisotopic (exact) mass is 275 g/mol. The average molecular weight is 275 g/mol. The van der Waals surface area contributed by atoms with Crippen LogP contribution >= 0.6 is 0 Å². The van der Waals surface area contributed by atoms with Gasteiger partial charge in [0.05, 0.1) is 18.1 Å². The van der Waals surface area contributed by atoms with E-state index >= 15 is 0 Å². The van der Waals surface area contributed by atoms with Gasteiger partial charge in [0.2, 0.25) is 5.88 Å². The maximum atomic E-state index is 6.19. The number of nitrogens with one attached hydrogen (secondary N) is 1. The Kier molecular flexibility index (Phi) is 3.24. The summed E-state index contributed by atoms with van der Waals surface area (Å²) >= 11 is 0. The van der Waals surface area contributed by atoms with Crippen molar-refractivity contribution in [3.8, 4) is 5.88 Å². The largest absolute Gasteiger partial charge is 0.473 e. The molecule has 3 rings (SSSR count). The number of ether oxygens (including phenoxy) is 1. The zero-order valence-corrected chi connectivity index (χ0v) is 12.9. The molecule has 4 heteroatoms. The van der Waals surface area contributed by atoms with E-state index in [0.717, 1.165) is 24.6 Å². The topological polar surface area (TPSA) is 47.0 Å². The highest BCUT2D eigenvalue weighted by Gasteiger charge is 2.62. The summed E-state index contributed by atoms with van der Waals surface area (Å²) in [7, 11) is 1.91. The summed E-state index contributed by atoms with van der Waals surface area (Å²) in [6, 6.07) is 0. The van der Waals surface area contributed by atoms with Crippen LogP contribution in [-0.4, -0.2) is 23.1 Å². The van der Waals surface area contributed by atoms with Crippen LogP contribution in [-0.2, 0) is 6.54 Å². The second-order valence-electron chi connectivity index (χ2n) is 7.09. The predicted molar refractivity (Wildman–Crippen MR) is 78.4 cm³/mol. The summed E-state index contributed by atoms with van der Waals surface area (Å²) in [4.78, 5) is 8.78. The van der Waals surface area contributed by atoms with Crippen molar-refractivity contribution in [2.24, 2.45) is 16.7 Å². The molecule has 1 aromatic rings. The van der Waals surface area contributed by atoms with Gasteiger partial charge < -0.3 is 10.1 Å². The van der Waals surface area contributed by atoms with E-state index in [1.165, 1.54) is 12.8 Å². The van der Waals surface area contributed by atoms with E-state index < -0.39 is 0 Å². The molecule has 2 aliphatic carbocycles. The van der Waals surface area contributed by atoms with Crippen LogP contribution in [0, 0.1) is 16.7 Å². The molecule has 1 aromatic heterocycles. The SMILES string of the molecule is CNCc1cnc(OC2CC3CCC2(C)C3(C)C)cn1. The fourth-order valence-electron chi connectivity index (χ4n) is 4.13. The van der Waals surface area contributed by atoms with Gasteiger partial charge in [-0.05, 0) is 37.6 Å². The van der Waals surface area contributed by atoms with E-state index in [4.69, 9.17) is 4.74 Å². The van der Waals surface area contributed by atoms with E-state index in [-0.39, 0.29) is 11.5 Å². The molecule has 0 spiro atoms. The molecule has 3 unspecified atom stereocenters. The van der Waals surface area contributed by atoms with Gasteiger partial charge in [0.1, 0.15) is 6.10 Å². The Morgan fingerprint density at radius 3 is 2.60 bits per heavy atom. The van der Waals surface area contributed by atoms with Gasteiger partial charge in [-0.1, -0.05) is 20.8 Å². The highest BCUT2D eigenvalue weighted by atomic mass is 16.5. The number of aromatic nitrogens is 2. The average Bonchev–Trinajstić information content (AvgIpc) is 2.74. The summed E-state index contributed by atoms with van der Waals surface area (Å²) in [5.41, 5.74) is 1.58. The van der Waals surface area contributed by atoms with Gasteiger partial charge in [0.25, 0.3) is 0 Å². The first-order chi connectivity index (χ1) is 9.47. The van der Waals surface area contributed by atoms with Crippen LogP contribution in [0.3, 0.4) is 0 Å². The lowest BCUT2D eigenvalue weighted by molar-refractivity contribution is 0.0270. The minimum atomic E-state index is 0.267. The third-order valence-corrected chi connectivity index (χ3v) is 6.02. The number of hydrogen-bond donors (Lipinski definition) is 1. The first-order valence-electron chi connectivity index (χ1n) is 7.59. The second-order valence-corrected chi connectivity index (χ2v) is 7.09. The molecule has 0 aromatic carbocycles. The quantitative estimate of drug-likeness (QED) is 0.918.